The van der Waals surface area contributed by atoms with Gasteiger partial charge in [0, 0.05) is 17.8 Å². The van der Waals surface area contributed by atoms with Crippen molar-refractivity contribution in [2.75, 3.05) is 10.6 Å². The zero-order valence-electron chi connectivity index (χ0n) is 11.4. The van der Waals surface area contributed by atoms with Gasteiger partial charge in [-0.1, -0.05) is 13.0 Å². The van der Waals surface area contributed by atoms with Crippen LogP contribution in [0.15, 0.2) is 18.2 Å². The number of nitrogens with one attached hydrogen (secondary N) is 2. The van der Waals surface area contributed by atoms with Gasteiger partial charge in [-0.3, -0.25) is 14.4 Å². The number of Topliss-reactive ketones (excluding diaryl/α,β-unsaturated/α-hetero) is 1. The van der Waals surface area contributed by atoms with Crippen LogP contribution in [0, 0.1) is 6.92 Å². The summed E-state index contributed by atoms with van der Waals surface area (Å²) in [6, 6.07) is 5.24. The third-order valence-electron chi connectivity index (χ3n) is 2.61. The molecule has 5 nitrogen and oxygen atoms in total. The highest BCUT2D eigenvalue weighted by Gasteiger charge is 2.10. The Balaban J connectivity index is 2.85. The number of carbonyl (C=O) groups is 3. The van der Waals surface area contributed by atoms with E-state index in [4.69, 9.17) is 0 Å². The first kappa shape index (κ1) is 14.9. The summed E-state index contributed by atoms with van der Waals surface area (Å²) in [5, 5.41) is 5.42. The molecule has 0 radical (unpaired) electrons. The van der Waals surface area contributed by atoms with Crippen LogP contribution in [0.4, 0.5) is 11.4 Å². The van der Waals surface area contributed by atoms with E-state index >= 15 is 0 Å². The molecule has 0 fully saturated rings. The normalized spacial score (nSPS) is 9.84. The largest absolute Gasteiger partial charge is 0.326 e. The highest BCUT2D eigenvalue weighted by molar-refractivity contribution is 6.04. The van der Waals surface area contributed by atoms with Gasteiger partial charge in [0.2, 0.25) is 11.8 Å². The van der Waals surface area contributed by atoms with Gasteiger partial charge in [-0.05, 0) is 31.5 Å². The molecule has 0 aliphatic rings. The van der Waals surface area contributed by atoms with Gasteiger partial charge < -0.3 is 10.6 Å². The Morgan fingerprint density at radius 1 is 1.05 bits per heavy atom. The SMILES string of the molecule is CCC(=O)Nc1cccc(NC(=O)CC(C)=O)c1C. The van der Waals surface area contributed by atoms with Crippen LogP contribution in [0.1, 0.15) is 32.3 Å². The molecule has 19 heavy (non-hydrogen) atoms. The topological polar surface area (TPSA) is 75.3 Å². The molecule has 0 unspecified atom stereocenters. The Morgan fingerprint density at radius 2 is 1.58 bits per heavy atom. The van der Waals surface area contributed by atoms with E-state index in [0.29, 0.717) is 17.8 Å². The van der Waals surface area contributed by atoms with Crippen LogP contribution in [0.3, 0.4) is 0 Å². The van der Waals surface area contributed by atoms with E-state index in [2.05, 4.69) is 10.6 Å². The zero-order chi connectivity index (χ0) is 14.4. The molecule has 1 rings (SSSR count). The summed E-state index contributed by atoms with van der Waals surface area (Å²) in [5.41, 5.74) is 2.02. The van der Waals surface area contributed by atoms with Crippen LogP contribution in [-0.2, 0) is 14.4 Å². The van der Waals surface area contributed by atoms with Crippen molar-refractivity contribution < 1.29 is 14.4 Å². The second kappa shape index (κ2) is 6.68. The van der Waals surface area contributed by atoms with E-state index in [1.54, 1.807) is 32.0 Å². The van der Waals surface area contributed by atoms with Crippen LogP contribution in [0.25, 0.3) is 0 Å². The van der Waals surface area contributed by atoms with Gasteiger partial charge in [-0.15, -0.1) is 0 Å². The maximum atomic E-state index is 11.5. The molecule has 0 spiro atoms. The average Bonchev–Trinajstić information content (AvgIpc) is 2.33. The molecule has 0 saturated heterocycles. The van der Waals surface area contributed by atoms with Crippen molar-refractivity contribution in [3.8, 4) is 0 Å². The third-order valence-corrected chi connectivity index (χ3v) is 2.61. The number of benzene rings is 1. The van der Waals surface area contributed by atoms with E-state index in [1.807, 2.05) is 0 Å². The molecule has 0 aliphatic carbocycles. The van der Waals surface area contributed by atoms with E-state index in [9.17, 15) is 14.4 Å². The molecule has 5 heteroatoms. The fourth-order valence-electron chi connectivity index (χ4n) is 1.57. The van der Waals surface area contributed by atoms with Crippen molar-refractivity contribution in [2.24, 2.45) is 0 Å². The Hall–Kier alpha value is -2.17. The van der Waals surface area contributed by atoms with Crippen molar-refractivity contribution in [1.82, 2.24) is 0 Å². The van der Waals surface area contributed by atoms with Crippen molar-refractivity contribution >= 4 is 29.0 Å². The minimum absolute atomic E-state index is 0.0877. The smallest absolute Gasteiger partial charge is 0.231 e. The summed E-state index contributed by atoms with van der Waals surface area (Å²) in [6.45, 7) is 4.93. The van der Waals surface area contributed by atoms with Gasteiger partial charge in [0.1, 0.15) is 5.78 Å². The maximum Gasteiger partial charge on any atom is 0.231 e. The molecular weight excluding hydrogens is 244 g/mol. The molecule has 0 aliphatic heterocycles. The van der Waals surface area contributed by atoms with E-state index < -0.39 is 0 Å². The first-order valence-corrected chi connectivity index (χ1v) is 6.12. The molecule has 2 amide bonds. The summed E-state index contributed by atoms with van der Waals surface area (Å²) < 4.78 is 0. The van der Waals surface area contributed by atoms with Crippen LogP contribution in [0.5, 0.6) is 0 Å². The molecule has 1 aromatic carbocycles. The van der Waals surface area contributed by atoms with Gasteiger partial charge >= 0.3 is 0 Å². The zero-order valence-corrected chi connectivity index (χ0v) is 11.4. The fourth-order valence-corrected chi connectivity index (χ4v) is 1.57. The van der Waals surface area contributed by atoms with Gasteiger partial charge in [0.05, 0.1) is 6.42 Å². The van der Waals surface area contributed by atoms with Gasteiger partial charge in [-0.2, -0.15) is 0 Å². The summed E-state index contributed by atoms with van der Waals surface area (Å²) in [7, 11) is 0. The first-order valence-electron chi connectivity index (χ1n) is 6.12. The summed E-state index contributed by atoms with van der Waals surface area (Å²) >= 11 is 0. The number of rotatable bonds is 5. The summed E-state index contributed by atoms with van der Waals surface area (Å²) in [6.07, 6.45) is 0.241. The predicted octanol–water partition coefficient (Wildman–Crippen LogP) is 2.26. The molecule has 0 atom stereocenters. The van der Waals surface area contributed by atoms with Gasteiger partial charge in [0.15, 0.2) is 0 Å². The quantitative estimate of drug-likeness (QED) is 0.799. The summed E-state index contributed by atoms with van der Waals surface area (Å²) in [5.74, 6) is -0.629. The molecule has 0 bridgehead atoms. The second-order valence-electron chi connectivity index (χ2n) is 4.31. The number of amides is 2. The van der Waals surface area contributed by atoms with E-state index in [1.165, 1.54) is 6.92 Å². The Kier molecular flexibility index (Phi) is 5.23. The van der Waals surface area contributed by atoms with Crippen molar-refractivity contribution in [3.63, 3.8) is 0 Å². The average molecular weight is 262 g/mol. The van der Waals surface area contributed by atoms with Crippen molar-refractivity contribution in [1.29, 1.82) is 0 Å². The molecule has 0 saturated carbocycles. The van der Waals surface area contributed by atoms with Crippen LogP contribution < -0.4 is 10.6 Å². The lowest BCUT2D eigenvalue weighted by Gasteiger charge is -2.12. The van der Waals surface area contributed by atoms with Gasteiger partial charge in [-0.25, -0.2) is 0 Å². The highest BCUT2D eigenvalue weighted by atomic mass is 16.2. The fraction of sp³-hybridized carbons (Fsp3) is 0.357. The van der Waals surface area contributed by atoms with Crippen molar-refractivity contribution in [2.45, 2.75) is 33.6 Å². The lowest BCUT2D eigenvalue weighted by Crippen LogP contribution is -2.16. The molecular formula is C14H18N2O3. The maximum absolute atomic E-state index is 11.5. The van der Waals surface area contributed by atoms with Gasteiger partial charge in [0.25, 0.3) is 0 Å². The number of carbonyl (C=O) groups excluding carboxylic acids is 3. The number of hydrogen-bond donors (Lipinski definition) is 2. The monoisotopic (exact) mass is 262 g/mol. The molecule has 0 aromatic heterocycles. The number of hydrogen-bond acceptors (Lipinski definition) is 3. The summed E-state index contributed by atoms with van der Waals surface area (Å²) in [4.78, 5) is 33.8. The highest BCUT2D eigenvalue weighted by Crippen LogP contribution is 2.23. The minimum Gasteiger partial charge on any atom is -0.326 e. The van der Waals surface area contributed by atoms with Crippen LogP contribution >= 0.6 is 0 Å². The van der Waals surface area contributed by atoms with Crippen LogP contribution in [-0.4, -0.2) is 17.6 Å². The lowest BCUT2D eigenvalue weighted by molar-refractivity contribution is -0.124. The first-order chi connectivity index (χ1) is 8.93. The number of ketones is 1. The van der Waals surface area contributed by atoms with E-state index in [0.717, 1.165) is 5.56 Å². The second-order valence-corrected chi connectivity index (χ2v) is 4.31. The standard InChI is InChI=1S/C14H18N2O3/c1-4-13(18)15-11-6-5-7-12(10(11)3)16-14(19)8-9(2)17/h5-7H,4,8H2,1-3H3,(H,15,18)(H,16,19). The predicted molar refractivity (Wildman–Crippen MR) is 74.0 cm³/mol. The third kappa shape index (κ3) is 4.54. The minimum atomic E-state index is -0.352. The Bertz CT molecular complexity index is 509. The molecule has 0 heterocycles. The molecule has 1 aromatic rings. The van der Waals surface area contributed by atoms with E-state index in [-0.39, 0.29) is 24.0 Å². The van der Waals surface area contributed by atoms with Crippen LogP contribution in [0.2, 0.25) is 0 Å². The Labute approximate surface area is 112 Å². The molecule has 102 valence electrons. The number of anilines is 2. The van der Waals surface area contributed by atoms with Crippen molar-refractivity contribution in [3.05, 3.63) is 23.8 Å². The molecule has 2 N–H and O–H groups in total. The Morgan fingerprint density at radius 3 is 2.05 bits per heavy atom. The lowest BCUT2D eigenvalue weighted by atomic mass is 10.1.